The minimum absolute atomic E-state index is 0.182. The Morgan fingerprint density at radius 3 is 2.72 bits per heavy atom. The molecule has 0 saturated carbocycles. The Labute approximate surface area is 173 Å². The quantitative estimate of drug-likeness (QED) is 0.820. The zero-order valence-corrected chi connectivity index (χ0v) is 17.8. The van der Waals surface area contributed by atoms with Crippen LogP contribution in [0, 0.1) is 19.3 Å². The molecule has 1 N–H and O–H groups in total. The fraction of sp³-hybridized carbons (Fsp3) is 0.773. The molecule has 3 aliphatic rings. The smallest absolute Gasteiger partial charge is 0.222 e. The van der Waals surface area contributed by atoms with Gasteiger partial charge in [0.25, 0.3) is 0 Å². The molecule has 0 aliphatic carbocycles. The topological polar surface area (TPSA) is 78.5 Å². The van der Waals surface area contributed by atoms with Crippen LogP contribution in [0.25, 0.3) is 0 Å². The fourth-order valence-electron chi connectivity index (χ4n) is 5.27. The van der Waals surface area contributed by atoms with E-state index in [1.165, 1.54) is 5.56 Å². The van der Waals surface area contributed by atoms with Crippen molar-refractivity contribution in [3.63, 3.8) is 0 Å². The van der Waals surface area contributed by atoms with Crippen molar-refractivity contribution in [1.29, 1.82) is 0 Å². The van der Waals surface area contributed by atoms with Gasteiger partial charge in [-0.15, -0.1) is 0 Å². The van der Waals surface area contributed by atoms with Crippen molar-refractivity contribution in [3.05, 3.63) is 17.0 Å². The number of carbonyl (C=O) groups is 2. The molecule has 3 fully saturated rings. The summed E-state index contributed by atoms with van der Waals surface area (Å²) in [6.45, 7) is 8.02. The zero-order valence-electron chi connectivity index (χ0n) is 17.8. The van der Waals surface area contributed by atoms with Crippen molar-refractivity contribution in [1.82, 2.24) is 20.0 Å². The number of likely N-dealkylation sites (tertiary alicyclic amines) is 2. The number of H-pyrrole nitrogens is 1. The second-order valence-electron chi connectivity index (χ2n) is 9.20. The molecule has 0 bridgehead atoms. The molecule has 1 atom stereocenters. The Morgan fingerprint density at radius 2 is 2.07 bits per heavy atom. The third-order valence-electron chi connectivity index (χ3n) is 7.24. The number of piperidine rings is 2. The molecule has 0 unspecified atom stereocenters. The first-order valence-electron chi connectivity index (χ1n) is 11.1. The summed E-state index contributed by atoms with van der Waals surface area (Å²) in [5.74, 6) is 0.512. The summed E-state index contributed by atoms with van der Waals surface area (Å²) in [5.41, 5.74) is 3.40. The van der Waals surface area contributed by atoms with Crippen LogP contribution < -0.4 is 0 Å². The average molecular weight is 403 g/mol. The van der Waals surface area contributed by atoms with E-state index in [-0.39, 0.29) is 23.3 Å². The van der Waals surface area contributed by atoms with Gasteiger partial charge in [-0.25, -0.2) is 0 Å². The largest absolute Gasteiger partial charge is 0.376 e. The Morgan fingerprint density at radius 1 is 1.28 bits per heavy atom. The van der Waals surface area contributed by atoms with E-state index < -0.39 is 0 Å². The van der Waals surface area contributed by atoms with E-state index in [0.717, 1.165) is 82.7 Å². The van der Waals surface area contributed by atoms with Gasteiger partial charge in [0.2, 0.25) is 11.8 Å². The summed E-state index contributed by atoms with van der Waals surface area (Å²) in [6.07, 6.45) is 7.27. The molecule has 1 aromatic heterocycles. The number of aromatic nitrogens is 2. The minimum atomic E-state index is 0.182. The van der Waals surface area contributed by atoms with Crippen molar-refractivity contribution >= 4 is 11.8 Å². The maximum absolute atomic E-state index is 12.7. The number of nitrogens with one attached hydrogen (secondary N) is 1. The van der Waals surface area contributed by atoms with Gasteiger partial charge >= 0.3 is 0 Å². The lowest BCUT2D eigenvalue weighted by atomic mass is 9.72. The van der Waals surface area contributed by atoms with Gasteiger partial charge in [0.05, 0.1) is 11.8 Å². The number of rotatable bonds is 5. The minimum Gasteiger partial charge on any atom is -0.376 e. The Balaban J connectivity index is 1.28. The van der Waals surface area contributed by atoms with E-state index in [1.54, 1.807) is 0 Å². The van der Waals surface area contributed by atoms with Gasteiger partial charge in [-0.1, -0.05) is 0 Å². The predicted molar refractivity (Wildman–Crippen MR) is 109 cm³/mol. The van der Waals surface area contributed by atoms with Gasteiger partial charge in [0.1, 0.15) is 0 Å². The van der Waals surface area contributed by atoms with Gasteiger partial charge in [0.15, 0.2) is 0 Å². The molecule has 0 aromatic carbocycles. The highest BCUT2D eigenvalue weighted by Gasteiger charge is 2.42. The number of hydrogen-bond donors (Lipinski definition) is 1. The zero-order chi connectivity index (χ0) is 20.4. The lowest BCUT2D eigenvalue weighted by Crippen LogP contribution is -2.53. The van der Waals surface area contributed by atoms with Gasteiger partial charge < -0.3 is 14.5 Å². The molecule has 0 radical (unpaired) electrons. The van der Waals surface area contributed by atoms with E-state index in [2.05, 4.69) is 10.2 Å². The van der Waals surface area contributed by atoms with Crippen LogP contribution in [0.1, 0.15) is 61.9 Å². The monoisotopic (exact) mass is 402 g/mol. The number of nitrogens with zero attached hydrogens (tertiary/aromatic N) is 3. The van der Waals surface area contributed by atoms with Crippen LogP contribution in [0.15, 0.2) is 0 Å². The molecular weight excluding hydrogens is 368 g/mol. The van der Waals surface area contributed by atoms with Crippen molar-refractivity contribution < 1.29 is 14.3 Å². The van der Waals surface area contributed by atoms with Crippen LogP contribution in [0.4, 0.5) is 0 Å². The molecule has 29 heavy (non-hydrogen) atoms. The molecular formula is C22H34N4O3. The van der Waals surface area contributed by atoms with Crippen LogP contribution in [0.5, 0.6) is 0 Å². The van der Waals surface area contributed by atoms with E-state index >= 15 is 0 Å². The summed E-state index contributed by atoms with van der Waals surface area (Å²) < 4.78 is 5.75. The first-order chi connectivity index (χ1) is 14.0. The number of hydrogen-bond acceptors (Lipinski definition) is 4. The van der Waals surface area contributed by atoms with Crippen LogP contribution in [-0.4, -0.2) is 70.7 Å². The van der Waals surface area contributed by atoms with Crippen molar-refractivity contribution in [2.45, 2.75) is 71.3 Å². The van der Waals surface area contributed by atoms with Crippen LogP contribution in [-0.2, 0) is 20.7 Å². The van der Waals surface area contributed by atoms with Gasteiger partial charge in [-0.05, 0) is 63.4 Å². The van der Waals surface area contributed by atoms with Gasteiger partial charge in [0, 0.05) is 51.3 Å². The molecule has 4 heterocycles. The average Bonchev–Trinajstić information content (AvgIpc) is 3.34. The highest BCUT2D eigenvalue weighted by molar-refractivity contribution is 5.78. The Bertz CT molecular complexity index is 726. The third-order valence-corrected chi connectivity index (χ3v) is 7.24. The van der Waals surface area contributed by atoms with Crippen LogP contribution >= 0.6 is 0 Å². The molecule has 4 rings (SSSR count). The first kappa shape index (κ1) is 20.4. The molecule has 1 spiro atoms. The molecule has 1 aromatic rings. The summed E-state index contributed by atoms with van der Waals surface area (Å²) in [5, 5.41) is 7.22. The van der Waals surface area contributed by atoms with E-state index in [9.17, 15) is 9.59 Å². The number of amides is 2. The van der Waals surface area contributed by atoms with E-state index in [0.29, 0.717) is 12.8 Å². The SMILES string of the molecule is Cc1n[nH]c(C)c1CCC(=O)N1CCC2(CCC(=O)N(C[C@H]3CCCO3)C2)CC1. The Kier molecular flexibility index (Phi) is 5.95. The van der Waals surface area contributed by atoms with Gasteiger partial charge in [-0.3, -0.25) is 14.7 Å². The molecule has 3 aliphatic heterocycles. The molecule has 2 amide bonds. The molecule has 7 nitrogen and oxygen atoms in total. The molecule has 7 heteroatoms. The van der Waals surface area contributed by atoms with Crippen LogP contribution in [0.3, 0.4) is 0 Å². The Hall–Kier alpha value is -1.89. The lowest BCUT2D eigenvalue weighted by Gasteiger charge is -2.47. The lowest BCUT2D eigenvalue weighted by molar-refractivity contribution is -0.144. The van der Waals surface area contributed by atoms with Crippen molar-refractivity contribution in [2.75, 3.05) is 32.8 Å². The van der Waals surface area contributed by atoms with Crippen molar-refractivity contribution in [3.8, 4) is 0 Å². The highest BCUT2D eigenvalue weighted by Crippen LogP contribution is 2.40. The fourth-order valence-corrected chi connectivity index (χ4v) is 5.27. The maximum Gasteiger partial charge on any atom is 0.222 e. The highest BCUT2D eigenvalue weighted by atomic mass is 16.5. The molecule has 3 saturated heterocycles. The first-order valence-corrected chi connectivity index (χ1v) is 11.1. The van der Waals surface area contributed by atoms with Crippen molar-refractivity contribution in [2.24, 2.45) is 5.41 Å². The second-order valence-corrected chi connectivity index (χ2v) is 9.20. The number of aromatic amines is 1. The third kappa shape index (κ3) is 4.49. The number of carbonyl (C=O) groups excluding carboxylic acids is 2. The second kappa shape index (κ2) is 8.46. The van der Waals surface area contributed by atoms with Crippen LogP contribution in [0.2, 0.25) is 0 Å². The summed E-state index contributed by atoms with van der Waals surface area (Å²) in [7, 11) is 0. The normalized spacial score (nSPS) is 24.5. The predicted octanol–water partition coefficient (Wildman–Crippen LogP) is 2.37. The summed E-state index contributed by atoms with van der Waals surface area (Å²) >= 11 is 0. The van der Waals surface area contributed by atoms with E-state index in [1.807, 2.05) is 23.6 Å². The maximum atomic E-state index is 12.7. The number of ether oxygens (including phenoxy) is 1. The number of aryl methyl sites for hydroxylation is 2. The molecule has 160 valence electrons. The summed E-state index contributed by atoms with van der Waals surface area (Å²) in [4.78, 5) is 29.2. The van der Waals surface area contributed by atoms with Gasteiger partial charge in [-0.2, -0.15) is 5.10 Å². The van der Waals surface area contributed by atoms with E-state index in [4.69, 9.17) is 4.74 Å². The summed E-state index contributed by atoms with van der Waals surface area (Å²) in [6, 6.07) is 0. The standard InChI is InChI=1S/C22H34N4O3/c1-16-19(17(2)24-23-16)5-6-20(27)25-11-9-22(10-12-25)8-7-21(28)26(15-22)14-18-4-3-13-29-18/h18H,3-15H2,1-2H3,(H,23,24)/t18-/m1/s1.